The molecule has 0 saturated heterocycles. The molecule has 0 bridgehead atoms. The molecule has 0 aliphatic rings. The van der Waals surface area contributed by atoms with Crippen molar-refractivity contribution in [2.24, 2.45) is 0 Å². The fraction of sp³-hybridized carbons (Fsp3) is 0.429. The molecule has 20 heavy (non-hydrogen) atoms. The molecule has 1 heterocycles. The normalized spacial score (nSPS) is 12.6. The second-order valence-corrected chi connectivity index (χ2v) is 6.62. The van der Waals surface area contributed by atoms with Gasteiger partial charge in [0.1, 0.15) is 11.6 Å². The Morgan fingerprint density at radius 3 is 2.85 bits per heavy atom. The molecule has 0 aliphatic carbocycles. The second kappa shape index (κ2) is 7.15. The van der Waals surface area contributed by atoms with Crippen LogP contribution in [0, 0.1) is 12.7 Å². The first-order valence-corrected chi connectivity index (χ1v) is 8.20. The molecule has 2 aromatic rings. The number of nitrogens with zero attached hydrogens (tertiary/aromatic N) is 2. The Balaban J connectivity index is 2.09. The summed E-state index contributed by atoms with van der Waals surface area (Å²) in [6.07, 6.45) is 1.07. The number of benzene rings is 1. The molecular formula is C14H18FN3S2. The fourth-order valence-corrected chi connectivity index (χ4v) is 3.37. The van der Waals surface area contributed by atoms with E-state index in [1.807, 2.05) is 26.0 Å². The smallest absolute Gasteiger partial charge is 0.174 e. The van der Waals surface area contributed by atoms with Gasteiger partial charge in [0.2, 0.25) is 0 Å². The number of nitrogens with one attached hydrogen (secondary N) is 1. The lowest BCUT2D eigenvalue weighted by atomic mass is 10.1. The quantitative estimate of drug-likeness (QED) is 0.867. The highest BCUT2D eigenvalue weighted by molar-refractivity contribution is 8.01. The van der Waals surface area contributed by atoms with Gasteiger partial charge in [-0.15, -0.1) is 0 Å². The van der Waals surface area contributed by atoms with E-state index in [0.29, 0.717) is 4.90 Å². The second-order valence-electron chi connectivity index (χ2n) is 4.58. The van der Waals surface area contributed by atoms with E-state index in [-0.39, 0.29) is 11.9 Å². The highest BCUT2D eigenvalue weighted by atomic mass is 32.2. The molecule has 2 rings (SSSR count). The number of aromatic nitrogens is 2. The molecule has 0 radical (unpaired) electrons. The van der Waals surface area contributed by atoms with E-state index >= 15 is 0 Å². The van der Waals surface area contributed by atoms with Crippen LogP contribution in [-0.4, -0.2) is 15.9 Å². The van der Waals surface area contributed by atoms with E-state index in [1.54, 1.807) is 6.07 Å². The Bertz CT molecular complexity index is 571. The minimum Gasteiger partial charge on any atom is -0.310 e. The van der Waals surface area contributed by atoms with Crippen molar-refractivity contribution in [3.05, 3.63) is 35.4 Å². The van der Waals surface area contributed by atoms with E-state index in [1.165, 1.54) is 23.3 Å². The van der Waals surface area contributed by atoms with E-state index in [9.17, 15) is 4.39 Å². The third kappa shape index (κ3) is 4.01. The van der Waals surface area contributed by atoms with E-state index in [0.717, 1.165) is 28.7 Å². The number of hydrogen-bond acceptors (Lipinski definition) is 5. The zero-order valence-corrected chi connectivity index (χ0v) is 13.4. The van der Waals surface area contributed by atoms with Crippen molar-refractivity contribution in [3.8, 4) is 0 Å². The summed E-state index contributed by atoms with van der Waals surface area (Å²) in [7, 11) is 0. The maximum absolute atomic E-state index is 14.1. The Labute approximate surface area is 127 Å². The highest BCUT2D eigenvalue weighted by Crippen LogP contribution is 2.32. The topological polar surface area (TPSA) is 37.8 Å². The van der Waals surface area contributed by atoms with Crippen LogP contribution < -0.4 is 5.32 Å². The summed E-state index contributed by atoms with van der Waals surface area (Å²) in [4.78, 5) is 4.83. The predicted molar refractivity (Wildman–Crippen MR) is 81.9 cm³/mol. The molecule has 0 amide bonds. The fourth-order valence-electron chi connectivity index (χ4n) is 1.76. The third-order valence-corrected chi connectivity index (χ3v) is 4.76. The van der Waals surface area contributed by atoms with Gasteiger partial charge in [-0.05, 0) is 56.0 Å². The Hall–Kier alpha value is -0.980. The molecule has 0 fully saturated rings. The van der Waals surface area contributed by atoms with Gasteiger partial charge < -0.3 is 5.32 Å². The van der Waals surface area contributed by atoms with Gasteiger partial charge in [-0.2, -0.15) is 4.37 Å². The Morgan fingerprint density at radius 2 is 2.25 bits per heavy atom. The molecule has 1 aromatic carbocycles. The van der Waals surface area contributed by atoms with Crippen LogP contribution in [0.3, 0.4) is 0 Å². The average molecular weight is 311 g/mol. The number of rotatable bonds is 6. The third-order valence-electron chi connectivity index (χ3n) is 2.86. The lowest BCUT2D eigenvalue weighted by Crippen LogP contribution is -2.19. The molecule has 3 nitrogen and oxygen atoms in total. The van der Waals surface area contributed by atoms with Crippen LogP contribution in [0.1, 0.15) is 37.7 Å². The maximum Gasteiger partial charge on any atom is 0.174 e. The van der Waals surface area contributed by atoms with Crippen molar-refractivity contribution in [2.75, 3.05) is 6.54 Å². The first kappa shape index (κ1) is 15.4. The molecule has 0 saturated carbocycles. The molecular weight excluding hydrogens is 293 g/mol. The number of halogens is 1. The molecule has 1 unspecified atom stereocenters. The monoisotopic (exact) mass is 311 g/mol. The van der Waals surface area contributed by atoms with Gasteiger partial charge in [0.05, 0.1) is 4.90 Å². The van der Waals surface area contributed by atoms with E-state index < -0.39 is 0 Å². The van der Waals surface area contributed by atoms with Crippen LogP contribution in [0.25, 0.3) is 0 Å². The maximum atomic E-state index is 14.1. The van der Waals surface area contributed by atoms with Crippen LogP contribution in [0.2, 0.25) is 0 Å². The summed E-state index contributed by atoms with van der Waals surface area (Å²) < 4.78 is 19.0. The molecule has 1 N–H and O–H groups in total. The molecule has 0 aliphatic heterocycles. The number of hydrogen-bond donors (Lipinski definition) is 1. The summed E-state index contributed by atoms with van der Waals surface area (Å²) in [6, 6.07) is 5.54. The van der Waals surface area contributed by atoms with Crippen molar-refractivity contribution in [3.63, 3.8) is 0 Å². The summed E-state index contributed by atoms with van der Waals surface area (Å²) in [5.41, 5.74) is 0.966. The summed E-state index contributed by atoms with van der Waals surface area (Å²) in [5.74, 6) is 0.525. The van der Waals surface area contributed by atoms with E-state index in [2.05, 4.69) is 21.6 Å². The van der Waals surface area contributed by atoms with Crippen molar-refractivity contribution in [1.82, 2.24) is 14.7 Å². The SMILES string of the molecule is CCCNC(C)c1ccc(Sc2nc(C)ns2)c(F)c1. The van der Waals surface area contributed by atoms with Crippen LogP contribution in [0.5, 0.6) is 0 Å². The largest absolute Gasteiger partial charge is 0.310 e. The summed E-state index contributed by atoms with van der Waals surface area (Å²) >= 11 is 2.62. The summed E-state index contributed by atoms with van der Waals surface area (Å²) in [6.45, 7) is 6.93. The molecule has 1 atom stereocenters. The molecule has 108 valence electrons. The van der Waals surface area contributed by atoms with Crippen molar-refractivity contribution >= 4 is 23.3 Å². The molecule has 6 heteroatoms. The van der Waals surface area contributed by atoms with Crippen LogP contribution in [0.4, 0.5) is 4.39 Å². The zero-order chi connectivity index (χ0) is 14.5. The van der Waals surface area contributed by atoms with E-state index in [4.69, 9.17) is 0 Å². The lowest BCUT2D eigenvalue weighted by molar-refractivity contribution is 0.556. The summed E-state index contributed by atoms with van der Waals surface area (Å²) in [5, 5.41) is 3.35. The van der Waals surface area contributed by atoms with Gasteiger partial charge in [-0.25, -0.2) is 9.37 Å². The lowest BCUT2D eigenvalue weighted by Gasteiger charge is -2.14. The first-order chi connectivity index (χ1) is 9.60. The van der Waals surface area contributed by atoms with Gasteiger partial charge in [0, 0.05) is 6.04 Å². The van der Waals surface area contributed by atoms with Gasteiger partial charge in [-0.3, -0.25) is 0 Å². The first-order valence-electron chi connectivity index (χ1n) is 6.61. The zero-order valence-electron chi connectivity index (χ0n) is 11.8. The van der Waals surface area contributed by atoms with Gasteiger partial charge in [0.25, 0.3) is 0 Å². The average Bonchev–Trinajstić information content (AvgIpc) is 2.83. The molecule has 0 spiro atoms. The van der Waals surface area contributed by atoms with Crippen LogP contribution in [-0.2, 0) is 0 Å². The van der Waals surface area contributed by atoms with Crippen LogP contribution >= 0.6 is 23.3 Å². The molecule has 1 aromatic heterocycles. The number of aryl methyl sites for hydroxylation is 1. The minimum absolute atomic E-state index is 0.160. The predicted octanol–water partition coefficient (Wildman–Crippen LogP) is 4.20. The van der Waals surface area contributed by atoms with Gasteiger partial charge >= 0.3 is 0 Å². The minimum atomic E-state index is -0.203. The van der Waals surface area contributed by atoms with Crippen LogP contribution in [0.15, 0.2) is 27.4 Å². The Kier molecular flexibility index (Phi) is 5.51. The van der Waals surface area contributed by atoms with Crippen molar-refractivity contribution in [2.45, 2.75) is 42.5 Å². The van der Waals surface area contributed by atoms with Crippen molar-refractivity contribution < 1.29 is 4.39 Å². The Morgan fingerprint density at radius 1 is 1.45 bits per heavy atom. The standard InChI is InChI=1S/C14H18FN3S2/c1-4-7-16-9(2)11-5-6-13(12(15)8-11)19-14-17-10(3)18-20-14/h5-6,8-9,16H,4,7H2,1-3H3. The van der Waals surface area contributed by atoms with Gasteiger partial charge in [-0.1, -0.05) is 24.8 Å². The van der Waals surface area contributed by atoms with Gasteiger partial charge in [0.15, 0.2) is 4.34 Å². The highest BCUT2D eigenvalue weighted by Gasteiger charge is 2.11. The van der Waals surface area contributed by atoms with Crippen molar-refractivity contribution in [1.29, 1.82) is 0 Å².